The predicted octanol–water partition coefficient (Wildman–Crippen LogP) is 4.50. The lowest BCUT2D eigenvalue weighted by molar-refractivity contribution is 0.0703. The summed E-state index contributed by atoms with van der Waals surface area (Å²) in [5.41, 5.74) is 5.81. The third-order valence-electron chi connectivity index (χ3n) is 9.94. The van der Waals surface area contributed by atoms with Gasteiger partial charge in [-0.3, -0.25) is 4.79 Å². The van der Waals surface area contributed by atoms with Gasteiger partial charge in [-0.2, -0.15) is 0 Å². The highest BCUT2D eigenvalue weighted by atomic mass is 16.5. The predicted molar refractivity (Wildman–Crippen MR) is 167 cm³/mol. The number of aryl methyl sites for hydroxylation is 1. The fourth-order valence-corrected chi connectivity index (χ4v) is 7.64. The summed E-state index contributed by atoms with van der Waals surface area (Å²) in [5, 5.41) is 7.16. The van der Waals surface area contributed by atoms with E-state index in [-0.39, 0.29) is 11.9 Å². The highest BCUT2D eigenvalue weighted by molar-refractivity contribution is 6.01. The number of carbonyl (C=O) groups is 2. The van der Waals surface area contributed by atoms with Gasteiger partial charge in [-0.15, -0.1) is 0 Å². The van der Waals surface area contributed by atoms with Crippen LogP contribution in [0.5, 0.6) is 5.75 Å². The summed E-state index contributed by atoms with van der Waals surface area (Å²) < 4.78 is 10.3. The fraction of sp³-hybridized carbons (Fsp3) is 0.485. The molecule has 2 aliphatic heterocycles. The van der Waals surface area contributed by atoms with Crippen LogP contribution in [0.25, 0.3) is 33.5 Å². The van der Waals surface area contributed by atoms with Crippen molar-refractivity contribution in [2.24, 2.45) is 13.0 Å². The number of carbonyl (C=O) groups excluding carboxylic acids is 2. The lowest BCUT2D eigenvalue weighted by Crippen LogP contribution is -2.39. The van der Waals surface area contributed by atoms with E-state index in [0.29, 0.717) is 35.9 Å². The Morgan fingerprint density at radius 2 is 1.95 bits per heavy atom. The van der Waals surface area contributed by atoms with Gasteiger partial charge in [0, 0.05) is 62.8 Å². The van der Waals surface area contributed by atoms with E-state index in [1.54, 1.807) is 7.11 Å². The number of fused-ring (bicyclic) bond motifs is 3. The topological polar surface area (TPSA) is 96.7 Å². The summed E-state index contributed by atoms with van der Waals surface area (Å²) in [6.45, 7) is 4.12. The van der Waals surface area contributed by atoms with Crippen molar-refractivity contribution in [2.45, 2.75) is 57.2 Å². The number of imidazole rings is 1. The number of nitrogens with one attached hydrogen (secondary N) is 2. The molecule has 2 N–H and O–H groups in total. The van der Waals surface area contributed by atoms with E-state index < -0.39 is 0 Å². The molecule has 1 saturated heterocycles. The normalized spacial score (nSPS) is 20.8. The standard InChI is InChI=1S/C33H39N7O3/c1-37-30-25(16-22(18-28(30)43-2)32(41)40-19-20-7-10-24(40)15-20)36-31(37)27-17-21-5-3-6-26-29(21)39(27)14-13-38(26)12-4-11-34-33(42)35-23-8-9-23/h3,5-6,16-18,20,23-24H,4,7-15,19H2,1-2H3,(H2,34,35,42)/t20-,24+/m0/s1. The monoisotopic (exact) mass is 581 g/mol. The van der Waals surface area contributed by atoms with Crippen molar-refractivity contribution < 1.29 is 14.3 Å². The van der Waals surface area contributed by atoms with E-state index in [2.05, 4.69) is 53.8 Å². The number of hydrogen-bond donors (Lipinski definition) is 2. The summed E-state index contributed by atoms with van der Waals surface area (Å²) >= 11 is 0. The SMILES string of the molecule is COc1cc(C(=O)N2C[C@H]3CC[C@@H]2C3)cc2nc(-c3cc4cccc5c4n3CCN5CCCNC(=O)NC3CC3)n(C)c12. The van der Waals surface area contributed by atoms with Crippen LogP contribution < -0.4 is 20.3 Å². The Morgan fingerprint density at radius 1 is 1.07 bits per heavy atom. The number of ether oxygens (including phenoxy) is 1. The number of nitrogens with zero attached hydrogens (tertiary/aromatic N) is 5. The molecule has 43 heavy (non-hydrogen) atoms. The number of anilines is 1. The van der Waals surface area contributed by atoms with Crippen molar-refractivity contribution in [2.75, 3.05) is 38.2 Å². The van der Waals surface area contributed by atoms with Gasteiger partial charge in [0.2, 0.25) is 0 Å². The Balaban J connectivity index is 1.08. The Labute approximate surface area is 251 Å². The third kappa shape index (κ3) is 4.49. The summed E-state index contributed by atoms with van der Waals surface area (Å²) in [6.07, 6.45) is 6.56. The fourth-order valence-electron chi connectivity index (χ4n) is 7.64. The second kappa shape index (κ2) is 10.2. The number of likely N-dealkylation sites (tertiary alicyclic amines) is 1. The number of amides is 3. The van der Waals surface area contributed by atoms with Crippen LogP contribution >= 0.6 is 0 Å². The first kappa shape index (κ1) is 26.4. The van der Waals surface area contributed by atoms with Gasteiger partial charge < -0.3 is 34.3 Å². The maximum atomic E-state index is 13.6. The van der Waals surface area contributed by atoms with Gasteiger partial charge in [0.25, 0.3) is 5.91 Å². The zero-order chi connectivity index (χ0) is 29.2. The summed E-state index contributed by atoms with van der Waals surface area (Å²) in [4.78, 5) is 35.2. The van der Waals surface area contributed by atoms with Crippen LogP contribution in [0, 0.1) is 5.92 Å². The van der Waals surface area contributed by atoms with E-state index in [4.69, 9.17) is 9.72 Å². The molecule has 4 heterocycles. The Kier molecular flexibility index (Phi) is 6.27. The zero-order valence-electron chi connectivity index (χ0n) is 24.9. The van der Waals surface area contributed by atoms with Gasteiger partial charge in [0.05, 0.1) is 29.5 Å². The van der Waals surface area contributed by atoms with Crippen molar-refractivity contribution in [3.8, 4) is 17.3 Å². The molecule has 10 nitrogen and oxygen atoms in total. The van der Waals surface area contributed by atoms with Crippen LogP contribution in [0.4, 0.5) is 10.5 Å². The molecule has 2 aliphatic carbocycles. The van der Waals surface area contributed by atoms with Gasteiger partial charge in [0.1, 0.15) is 11.3 Å². The molecule has 2 atom stereocenters. The molecule has 8 rings (SSSR count). The van der Waals surface area contributed by atoms with Gasteiger partial charge in [-0.05, 0) is 68.7 Å². The lowest BCUT2D eigenvalue weighted by Gasteiger charge is -2.31. The number of para-hydroxylation sites is 1. The van der Waals surface area contributed by atoms with Crippen LogP contribution in [-0.2, 0) is 13.6 Å². The van der Waals surface area contributed by atoms with Crippen LogP contribution in [0.1, 0.15) is 48.9 Å². The number of hydrogen-bond acceptors (Lipinski definition) is 5. The van der Waals surface area contributed by atoms with E-state index in [1.807, 2.05) is 19.2 Å². The lowest BCUT2D eigenvalue weighted by atomic mass is 10.1. The summed E-state index contributed by atoms with van der Waals surface area (Å²) in [5.74, 6) is 2.27. The van der Waals surface area contributed by atoms with Gasteiger partial charge >= 0.3 is 6.03 Å². The average Bonchev–Trinajstić information content (AvgIpc) is 3.33. The second-order valence-electron chi connectivity index (χ2n) is 12.7. The quantitative estimate of drug-likeness (QED) is 0.299. The summed E-state index contributed by atoms with van der Waals surface area (Å²) in [6, 6.07) is 13.2. The number of piperidine rings is 1. The van der Waals surface area contributed by atoms with Gasteiger partial charge in [-0.25, -0.2) is 9.78 Å². The van der Waals surface area contributed by atoms with Crippen molar-refractivity contribution in [1.29, 1.82) is 0 Å². The molecule has 0 radical (unpaired) electrons. The van der Waals surface area contributed by atoms with E-state index >= 15 is 0 Å². The molecular weight excluding hydrogens is 542 g/mol. The average molecular weight is 582 g/mol. The Bertz CT molecular complexity index is 1750. The van der Waals surface area contributed by atoms with Crippen molar-refractivity contribution in [3.05, 3.63) is 42.0 Å². The molecule has 3 fully saturated rings. The number of rotatable bonds is 8. The minimum atomic E-state index is -0.0552. The maximum absolute atomic E-state index is 13.6. The molecular formula is C33H39N7O3. The molecule has 2 aromatic carbocycles. The van der Waals surface area contributed by atoms with Gasteiger partial charge in [-0.1, -0.05) is 12.1 Å². The Hall–Kier alpha value is -4.21. The van der Waals surface area contributed by atoms with Crippen molar-refractivity contribution in [1.82, 2.24) is 29.7 Å². The first-order chi connectivity index (χ1) is 21.0. The highest BCUT2D eigenvalue weighted by Crippen LogP contribution is 2.41. The summed E-state index contributed by atoms with van der Waals surface area (Å²) in [7, 11) is 3.69. The molecule has 2 bridgehead atoms. The third-order valence-corrected chi connectivity index (χ3v) is 9.94. The van der Waals surface area contributed by atoms with Gasteiger partial charge in [0.15, 0.2) is 5.82 Å². The number of methoxy groups -OCH3 is 1. The van der Waals surface area contributed by atoms with Crippen LogP contribution in [-0.4, -0.2) is 76.3 Å². The number of benzene rings is 2. The van der Waals surface area contributed by atoms with E-state index in [1.165, 1.54) is 23.0 Å². The molecule has 0 unspecified atom stereocenters. The van der Waals surface area contributed by atoms with E-state index in [0.717, 1.165) is 80.8 Å². The maximum Gasteiger partial charge on any atom is 0.315 e. The van der Waals surface area contributed by atoms with Crippen LogP contribution in [0.15, 0.2) is 36.4 Å². The molecule has 4 aliphatic rings. The largest absolute Gasteiger partial charge is 0.494 e. The second-order valence-corrected chi connectivity index (χ2v) is 12.7. The molecule has 0 spiro atoms. The molecule has 3 amide bonds. The van der Waals surface area contributed by atoms with E-state index in [9.17, 15) is 9.59 Å². The molecule has 224 valence electrons. The first-order valence-corrected chi connectivity index (χ1v) is 15.8. The minimum absolute atomic E-state index is 0.0552. The van der Waals surface area contributed by atoms with Crippen molar-refractivity contribution >= 4 is 39.6 Å². The number of urea groups is 1. The first-order valence-electron chi connectivity index (χ1n) is 15.8. The molecule has 2 saturated carbocycles. The zero-order valence-corrected chi connectivity index (χ0v) is 24.9. The minimum Gasteiger partial charge on any atom is -0.494 e. The Morgan fingerprint density at radius 3 is 2.72 bits per heavy atom. The molecule has 10 heteroatoms. The molecule has 2 aromatic heterocycles. The van der Waals surface area contributed by atoms with Crippen LogP contribution in [0.3, 0.4) is 0 Å². The smallest absolute Gasteiger partial charge is 0.315 e. The van der Waals surface area contributed by atoms with Crippen LogP contribution in [0.2, 0.25) is 0 Å². The molecule has 4 aromatic rings. The van der Waals surface area contributed by atoms with Crippen molar-refractivity contribution in [3.63, 3.8) is 0 Å². The highest BCUT2D eigenvalue weighted by Gasteiger charge is 2.40. The number of aromatic nitrogens is 3.